The summed E-state index contributed by atoms with van der Waals surface area (Å²) in [7, 11) is 0. The minimum Gasteiger partial charge on any atom is -0.334 e. The highest BCUT2D eigenvalue weighted by molar-refractivity contribution is 5.78. The Morgan fingerprint density at radius 3 is 2.48 bits per heavy atom. The van der Waals surface area contributed by atoms with Gasteiger partial charge in [-0.3, -0.25) is 4.79 Å². The van der Waals surface area contributed by atoms with Crippen LogP contribution in [0.5, 0.6) is 0 Å². The molecule has 0 bridgehead atoms. The number of carbonyl (C=O) groups is 1. The third-order valence-corrected chi connectivity index (χ3v) is 4.64. The number of rotatable bonds is 3. The third-order valence-electron chi connectivity index (χ3n) is 4.64. The van der Waals surface area contributed by atoms with Gasteiger partial charge in [-0.1, -0.05) is 56.3 Å². The lowest BCUT2D eigenvalue weighted by atomic mass is 9.94. The zero-order chi connectivity index (χ0) is 16.6. The van der Waals surface area contributed by atoms with Gasteiger partial charge in [-0.25, -0.2) is 0 Å². The van der Waals surface area contributed by atoms with Gasteiger partial charge >= 0.3 is 0 Å². The molecule has 3 rings (SSSR count). The molecule has 0 aromatic heterocycles. The number of nitrogens with zero attached hydrogens (tertiary/aromatic N) is 1. The maximum Gasteiger partial charge on any atom is 0.225 e. The predicted octanol–water partition coefficient (Wildman–Crippen LogP) is 3.54. The van der Waals surface area contributed by atoms with E-state index in [4.69, 9.17) is 5.73 Å². The average Bonchev–Trinajstić information content (AvgIpc) is 2.96. The van der Waals surface area contributed by atoms with E-state index in [2.05, 4.69) is 37.3 Å². The molecule has 2 aromatic rings. The summed E-state index contributed by atoms with van der Waals surface area (Å²) in [6, 6.07) is 14.5. The van der Waals surface area contributed by atoms with Gasteiger partial charge in [0.2, 0.25) is 5.91 Å². The Balaban J connectivity index is 1.85. The van der Waals surface area contributed by atoms with Gasteiger partial charge in [0, 0.05) is 19.0 Å². The van der Waals surface area contributed by atoms with Crippen molar-refractivity contribution in [1.29, 1.82) is 0 Å². The molecule has 2 N–H and O–H groups in total. The molecule has 0 saturated heterocycles. The maximum absolute atomic E-state index is 12.2. The SMILES string of the molecule is Cc1ccccc1C(N)c1ccc2c(c1)CN(C(=O)C(C)C)C2. The van der Waals surface area contributed by atoms with Gasteiger partial charge in [0.25, 0.3) is 0 Å². The van der Waals surface area contributed by atoms with Crippen LogP contribution in [0.25, 0.3) is 0 Å². The van der Waals surface area contributed by atoms with Crippen molar-refractivity contribution in [2.24, 2.45) is 11.7 Å². The first-order valence-corrected chi connectivity index (χ1v) is 8.19. The lowest BCUT2D eigenvalue weighted by Gasteiger charge is -2.17. The number of benzene rings is 2. The highest BCUT2D eigenvalue weighted by Crippen LogP contribution is 2.29. The highest BCUT2D eigenvalue weighted by atomic mass is 16.2. The Kier molecular flexibility index (Phi) is 4.22. The van der Waals surface area contributed by atoms with Crippen LogP contribution in [0, 0.1) is 12.8 Å². The third kappa shape index (κ3) is 3.02. The molecule has 3 nitrogen and oxygen atoms in total. The largest absolute Gasteiger partial charge is 0.334 e. The number of aryl methyl sites for hydroxylation is 1. The molecule has 1 heterocycles. The fraction of sp³-hybridized carbons (Fsp3) is 0.350. The summed E-state index contributed by atoms with van der Waals surface area (Å²) >= 11 is 0. The average molecular weight is 308 g/mol. The molecular weight excluding hydrogens is 284 g/mol. The fourth-order valence-corrected chi connectivity index (χ4v) is 3.24. The second kappa shape index (κ2) is 6.17. The van der Waals surface area contributed by atoms with Crippen LogP contribution in [-0.4, -0.2) is 10.8 Å². The number of carbonyl (C=O) groups excluding carboxylic acids is 1. The van der Waals surface area contributed by atoms with E-state index in [0.29, 0.717) is 13.1 Å². The van der Waals surface area contributed by atoms with Crippen molar-refractivity contribution in [2.75, 3.05) is 0 Å². The molecule has 0 fully saturated rings. The summed E-state index contributed by atoms with van der Waals surface area (Å²) in [5.74, 6) is 0.254. The zero-order valence-corrected chi connectivity index (χ0v) is 14.0. The van der Waals surface area contributed by atoms with Crippen LogP contribution < -0.4 is 5.73 Å². The molecule has 1 unspecified atom stereocenters. The molecule has 2 aromatic carbocycles. The first-order valence-electron chi connectivity index (χ1n) is 8.19. The predicted molar refractivity (Wildman–Crippen MR) is 92.7 cm³/mol. The lowest BCUT2D eigenvalue weighted by molar-refractivity contribution is -0.135. The van der Waals surface area contributed by atoms with Crippen LogP contribution in [0.3, 0.4) is 0 Å². The van der Waals surface area contributed by atoms with Crippen molar-refractivity contribution in [3.63, 3.8) is 0 Å². The number of fused-ring (bicyclic) bond motifs is 1. The van der Waals surface area contributed by atoms with Crippen molar-refractivity contribution >= 4 is 5.91 Å². The maximum atomic E-state index is 12.2. The van der Waals surface area contributed by atoms with Crippen LogP contribution in [0.4, 0.5) is 0 Å². The summed E-state index contributed by atoms with van der Waals surface area (Å²) in [6.07, 6.45) is 0. The summed E-state index contributed by atoms with van der Waals surface area (Å²) in [5, 5.41) is 0. The number of amides is 1. The van der Waals surface area contributed by atoms with Crippen molar-refractivity contribution in [2.45, 2.75) is 39.9 Å². The fourth-order valence-electron chi connectivity index (χ4n) is 3.24. The number of hydrogen-bond donors (Lipinski definition) is 1. The van der Waals surface area contributed by atoms with E-state index in [1.807, 2.05) is 30.9 Å². The molecule has 1 atom stereocenters. The van der Waals surface area contributed by atoms with Crippen LogP contribution in [-0.2, 0) is 17.9 Å². The van der Waals surface area contributed by atoms with E-state index in [9.17, 15) is 4.79 Å². The zero-order valence-electron chi connectivity index (χ0n) is 14.0. The van der Waals surface area contributed by atoms with E-state index < -0.39 is 0 Å². The van der Waals surface area contributed by atoms with Crippen LogP contribution in [0.15, 0.2) is 42.5 Å². The highest BCUT2D eigenvalue weighted by Gasteiger charge is 2.25. The Morgan fingerprint density at radius 2 is 1.78 bits per heavy atom. The second-order valence-electron chi connectivity index (χ2n) is 6.71. The molecule has 3 heteroatoms. The smallest absolute Gasteiger partial charge is 0.225 e. The standard InChI is InChI=1S/C20H24N2O/c1-13(2)20(23)22-11-16-9-8-15(10-17(16)12-22)19(21)18-7-5-4-6-14(18)3/h4-10,13,19H,11-12,21H2,1-3H3. The molecule has 0 saturated carbocycles. The van der Waals surface area contributed by atoms with E-state index in [1.165, 1.54) is 16.7 Å². The Morgan fingerprint density at radius 1 is 1.09 bits per heavy atom. The molecule has 120 valence electrons. The van der Waals surface area contributed by atoms with Gasteiger partial charge in [0.05, 0.1) is 6.04 Å². The second-order valence-corrected chi connectivity index (χ2v) is 6.71. The van der Waals surface area contributed by atoms with Gasteiger partial charge in [0.15, 0.2) is 0 Å². The molecular formula is C20H24N2O. The molecule has 1 amide bonds. The van der Waals surface area contributed by atoms with Crippen molar-refractivity contribution in [1.82, 2.24) is 4.90 Å². The topological polar surface area (TPSA) is 46.3 Å². The lowest BCUT2D eigenvalue weighted by Crippen LogP contribution is -2.29. The van der Waals surface area contributed by atoms with Gasteiger partial charge in [-0.2, -0.15) is 0 Å². The summed E-state index contributed by atoms with van der Waals surface area (Å²) in [4.78, 5) is 14.1. The van der Waals surface area contributed by atoms with E-state index in [0.717, 1.165) is 11.1 Å². The van der Waals surface area contributed by atoms with E-state index in [-0.39, 0.29) is 17.9 Å². The quantitative estimate of drug-likeness (QED) is 0.942. The molecule has 23 heavy (non-hydrogen) atoms. The Labute approximate surface area is 138 Å². The minimum atomic E-state index is -0.128. The minimum absolute atomic E-state index is 0.0398. The van der Waals surface area contributed by atoms with Crippen molar-refractivity contribution in [3.8, 4) is 0 Å². The Hall–Kier alpha value is -2.13. The number of hydrogen-bond acceptors (Lipinski definition) is 2. The summed E-state index contributed by atoms with van der Waals surface area (Å²) < 4.78 is 0. The Bertz CT molecular complexity index is 736. The first-order chi connectivity index (χ1) is 11.0. The van der Waals surface area contributed by atoms with E-state index >= 15 is 0 Å². The first kappa shape index (κ1) is 15.8. The number of nitrogens with two attached hydrogens (primary N) is 1. The van der Waals surface area contributed by atoms with Gasteiger partial charge < -0.3 is 10.6 Å². The molecule has 0 spiro atoms. The molecule has 1 aliphatic heterocycles. The van der Waals surface area contributed by atoms with Gasteiger partial charge in [0.1, 0.15) is 0 Å². The van der Waals surface area contributed by atoms with Crippen LogP contribution in [0.2, 0.25) is 0 Å². The molecule has 1 aliphatic rings. The van der Waals surface area contributed by atoms with Crippen LogP contribution in [0.1, 0.15) is 47.7 Å². The normalized spacial score (nSPS) is 14.9. The monoisotopic (exact) mass is 308 g/mol. The van der Waals surface area contributed by atoms with Crippen molar-refractivity contribution < 1.29 is 4.79 Å². The summed E-state index contributed by atoms with van der Waals surface area (Å²) in [6.45, 7) is 7.40. The van der Waals surface area contributed by atoms with Crippen molar-refractivity contribution in [3.05, 3.63) is 70.3 Å². The van der Waals surface area contributed by atoms with Gasteiger partial charge in [-0.05, 0) is 34.7 Å². The van der Waals surface area contributed by atoms with Gasteiger partial charge in [-0.15, -0.1) is 0 Å². The van der Waals surface area contributed by atoms with E-state index in [1.54, 1.807) is 0 Å². The molecule has 0 radical (unpaired) electrons. The summed E-state index contributed by atoms with van der Waals surface area (Å²) in [5.41, 5.74) is 12.4. The molecule has 0 aliphatic carbocycles. The van der Waals surface area contributed by atoms with Crippen LogP contribution >= 0.6 is 0 Å².